The highest BCUT2D eigenvalue weighted by Crippen LogP contribution is 2.24. The zero-order chi connectivity index (χ0) is 28.6. The number of aromatic nitrogens is 1. The largest absolute Gasteiger partial charge is 0.394 e. The molecule has 0 bridgehead atoms. The first-order valence-corrected chi connectivity index (χ1v) is 16.2. The van der Waals surface area contributed by atoms with Crippen LogP contribution in [-0.4, -0.2) is 45.7 Å². The highest BCUT2D eigenvalue weighted by Gasteiger charge is 2.03. The Morgan fingerprint density at radius 3 is 1.68 bits per heavy atom. The Morgan fingerprint density at radius 1 is 0.725 bits per heavy atom. The average molecular weight is 572 g/mol. The normalized spacial score (nSPS) is 12.1. The van der Waals surface area contributed by atoms with E-state index in [4.69, 9.17) is 0 Å². The second kappa shape index (κ2) is 17.4. The van der Waals surface area contributed by atoms with Crippen LogP contribution < -0.4 is 19.7 Å². The van der Waals surface area contributed by atoms with Crippen LogP contribution in [-0.2, 0) is 7.05 Å². The molecule has 0 amide bonds. The van der Waals surface area contributed by atoms with Crippen LogP contribution in [0, 0.1) is 0 Å². The van der Waals surface area contributed by atoms with Crippen LogP contribution >= 0.6 is 21.6 Å². The van der Waals surface area contributed by atoms with E-state index in [1.54, 1.807) is 0 Å². The summed E-state index contributed by atoms with van der Waals surface area (Å²) in [6, 6.07) is 21.8. The van der Waals surface area contributed by atoms with Crippen LogP contribution in [0.25, 0.3) is 18.2 Å². The van der Waals surface area contributed by atoms with Gasteiger partial charge in [-0.3, -0.25) is 0 Å². The second-order valence-electron chi connectivity index (χ2n) is 9.54. The van der Waals surface area contributed by atoms with Gasteiger partial charge < -0.3 is 15.1 Å². The van der Waals surface area contributed by atoms with Gasteiger partial charge >= 0.3 is 0 Å². The van der Waals surface area contributed by atoms with E-state index >= 15 is 0 Å². The number of allylic oxidation sites excluding steroid dienone is 4. The van der Waals surface area contributed by atoms with E-state index < -0.39 is 0 Å². The van der Waals surface area contributed by atoms with Gasteiger partial charge in [0.2, 0.25) is 0 Å². The smallest absolute Gasteiger partial charge is 0.169 e. The van der Waals surface area contributed by atoms with E-state index in [0.29, 0.717) is 0 Å². The summed E-state index contributed by atoms with van der Waals surface area (Å²) in [4.78, 5) is 4.66. The maximum absolute atomic E-state index is 3.03. The molecule has 0 spiro atoms. The fraction of sp³-hybridized carbons (Fsp3) is 0.265. The van der Waals surface area contributed by atoms with E-state index in [9.17, 15) is 0 Å². The molecule has 40 heavy (non-hydrogen) atoms. The van der Waals surface area contributed by atoms with Gasteiger partial charge in [-0.05, 0) is 65.7 Å². The van der Waals surface area contributed by atoms with Crippen molar-refractivity contribution in [3.8, 4) is 0 Å². The molecule has 1 aromatic heterocycles. The molecule has 0 aliphatic rings. The van der Waals surface area contributed by atoms with Crippen LogP contribution in [0.15, 0.2) is 103 Å². The minimum atomic E-state index is 1.02. The maximum atomic E-state index is 3.03. The molecule has 4 nitrogen and oxygen atoms in total. The van der Waals surface area contributed by atoms with Gasteiger partial charge in [0.25, 0.3) is 0 Å². The van der Waals surface area contributed by atoms with Crippen molar-refractivity contribution in [2.45, 2.75) is 6.92 Å². The van der Waals surface area contributed by atoms with Crippen molar-refractivity contribution in [3.63, 3.8) is 0 Å². The summed E-state index contributed by atoms with van der Waals surface area (Å²) < 4.78 is 2.04. The predicted octanol–water partition coefficient (Wildman–Crippen LogP) is 7.33. The summed E-state index contributed by atoms with van der Waals surface area (Å²) in [6.45, 7) is 4.10. The number of anilines is 2. The van der Waals surface area contributed by atoms with Crippen molar-refractivity contribution in [1.29, 1.82) is 0 Å². The third kappa shape index (κ3) is 11.0. The molecule has 210 valence electrons. The van der Waals surface area contributed by atoms with E-state index in [-0.39, 0.29) is 0 Å². The molecule has 0 aliphatic heterocycles. The fourth-order valence-corrected chi connectivity index (χ4v) is 5.93. The van der Waals surface area contributed by atoms with Gasteiger partial charge in [0.05, 0.1) is 0 Å². The molecule has 3 rings (SSSR count). The third-order valence-electron chi connectivity index (χ3n) is 6.49. The Morgan fingerprint density at radius 2 is 1.20 bits per heavy atom. The Kier molecular flexibility index (Phi) is 13.5. The number of rotatable bonds is 15. The molecule has 0 saturated heterocycles. The second-order valence-corrected chi connectivity index (χ2v) is 12.2. The molecule has 6 heteroatoms. The van der Waals surface area contributed by atoms with Gasteiger partial charge in [-0.25, -0.2) is 4.57 Å². The number of hydrogen-bond donors (Lipinski definition) is 1. The van der Waals surface area contributed by atoms with E-state index in [0.717, 1.165) is 24.6 Å². The minimum absolute atomic E-state index is 1.02. The zero-order valence-electron chi connectivity index (χ0n) is 24.5. The Labute approximate surface area is 249 Å². The number of hydrogen-bond acceptors (Lipinski definition) is 5. The number of pyridine rings is 1. The van der Waals surface area contributed by atoms with Crippen LogP contribution in [0.4, 0.5) is 11.4 Å². The van der Waals surface area contributed by atoms with E-state index in [1.807, 2.05) is 46.5 Å². The maximum Gasteiger partial charge on any atom is 0.169 e. The topological polar surface area (TPSA) is 22.4 Å². The summed E-state index contributed by atoms with van der Waals surface area (Å²) in [5, 5.41) is 3.03. The van der Waals surface area contributed by atoms with E-state index in [1.165, 1.54) is 33.6 Å². The predicted molar refractivity (Wildman–Crippen MR) is 182 cm³/mol. The molecule has 0 aliphatic carbocycles. The first-order chi connectivity index (χ1) is 19.5. The van der Waals surface area contributed by atoms with Crippen LogP contribution in [0.3, 0.4) is 0 Å². The molecule has 0 saturated carbocycles. The first-order valence-electron chi connectivity index (χ1n) is 13.7. The molecule has 0 atom stereocenters. The van der Waals surface area contributed by atoms with Crippen molar-refractivity contribution >= 4 is 51.2 Å². The Bertz CT molecular complexity index is 1260. The van der Waals surface area contributed by atoms with Crippen molar-refractivity contribution in [2.75, 3.05) is 55.5 Å². The molecule has 1 N–H and O–H groups in total. The molecule has 0 fully saturated rings. The lowest BCUT2D eigenvalue weighted by Gasteiger charge is -2.20. The minimum Gasteiger partial charge on any atom is -0.394 e. The van der Waals surface area contributed by atoms with Crippen molar-refractivity contribution in [2.24, 2.45) is 7.05 Å². The third-order valence-corrected chi connectivity index (χ3v) is 8.85. The van der Waals surface area contributed by atoms with Gasteiger partial charge in [0.15, 0.2) is 12.4 Å². The Balaban J connectivity index is 1.33. The zero-order valence-corrected chi connectivity index (χ0v) is 26.1. The number of benzene rings is 2. The molecule has 3 aromatic rings. The molecular weight excluding hydrogens is 529 g/mol. The highest BCUT2D eigenvalue weighted by molar-refractivity contribution is 8.76. The monoisotopic (exact) mass is 571 g/mol. The number of nitrogens with one attached hydrogen (secondary N) is 1. The SMILES string of the molecule is C/C=C(\C=C/NC)/C=C/c1ccc(N(C)CCSSCCN(C)c2ccc(/C=C/c3cc[n+](C)cc3)cc2)cc1. The summed E-state index contributed by atoms with van der Waals surface area (Å²) in [5.74, 6) is 2.19. The van der Waals surface area contributed by atoms with Gasteiger partial charge in [0.1, 0.15) is 7.05 Å². The molecular formula is C34H43N4S2+. The summed E-state index contributed by atoms with van der Waals surface area (Å²) >= 11 is 0. The first kappa shape index (κ1) is 31.2. The standard InChI is InChI=1S/C34H43N4S2/c1-6-29(19-22-35-2)7-8-30-11-15-33(16-12-30)37(4)25-27-39-40-28-26-38(5)34-17-13-31(14-18-34)9-10-32-20-23-36(3)24-21-32/h6-24,35H,25-28H2,1-5H3/q+1/b8-7+,22-19-,29-6-. The molecule has 2 aromatic carbocycles. The van der Waals surface area contributed by atoms with Gasteiger partial charge in [-0.1, -0.05) is 76.2 Å². The Hall–Kier alpha value is -3.35. The fourth-order valence-electron chi connectivity index (χ4n) is 3.84. The van der Waals surface area contributed by atoms with Gasteiger partial charge in [0, 0.05) is 69.2 Å². The number of nitrogens with zero attached hydrogens (tertiary/aromatic N) is 3. The lowest BCUT2D eigenvalue weighted by molar-refractivity contribution is -0.671. The van der Waals surface area contributed by atoms with Crippen molar-refractivity contribution in [1.82, 2.24) is 5.32 Å². The lowest BCUT2D eigenvalue weighted by Crippen LogP contribution is -2.25. The summed E-state index contributed by atoms with van der Waals surface area (Å²) in [6.07, 6.45) is 18.8. The summed E-state index contributed by atoms with van der Waals surface area (Å²) in [5.41, 5.74) is 7.31. The van der Waals surface area contributed by atoms with E-state index in [2.05, 4.69) is 146 Å². The van der Waals surface area contributed by atoms with Crippen LogP contribution in [0.2, 0.25) is 0 Å². The average Bonchev–Trinajstić information content (AvgIpc) is 2.99. The summed E-state index contributed by atoms with van der Waals surface area (Å²) in [7, 11) is 12.2. The van der Waals surface area contributed by atoms with Crippen LogP contribution in [0.1, 0.15) is 23.6 Å². The van der Waals surface area contributed by atoms with Crippen molar-refractivity contribution < 1.29 is 4.57 Å². The van der Waals surface area contributed by atoms with Crippen molar-refractivity contribution in [3.05, 3.63) is 120 Å². The molecule has 0 radical (unpaired) electrons. The van der Waals surface area contributed by atoms with Crippen LogP contribution in [0.5, 0.6) is 0 Å². The highest BCUT2D eigenvalue weighted by atomic mass is 33.1. The molecule has 1 heterocycles. The van der Waals surface area contributed by atoms with Gasteiger partial charge in [-0.2, -0.15) is 0 Å². The quantitative estimate of drug-likeness (QED) is 0.0890. The lowest BCUT2D eigenvalue weighted by atomic mass is 10.1. The molecule has 0 unspecified atom stereocenters. The number of aryl methyl sites for hydroxylation is 1. The van der Waals surface area contributed by atoms with Gasteiger partial charge in [-0.15, -0.1) is 0 Å².